The average Bonchev–Trinajstić information content (AvgIpc) is 2.38. The van der Waals surface area contributed by atoms with E-state index in [9.17, 15) is 12.8 Å². The minimum Gasteiger partial charge on any atom is -0.490 e. The third kappa shape index (κ3) is 4.17. The minimum atomic E-state index is -3.40. The molecule has 118 valence electrons. The number of ether oxygens (including phenoxy) is 1. The number of nitrogens with one attached hydrogen (secondary N) is 1. The standard InChI is InChI=1S/C15H17FN2O3S/c1-10(2)21-13-6-4-5-12(16)15(13)11-7-8-14(17-9-11)18-22(3,19)20/h4-10H,1-3H3,(H,17,18). The first-order valence-electron chi connectivity index (χ1n) is 6.65. The van der Waals surface area contributed by atoms with Crippen LogP contribution in [0.25, 0.3) is 11.1 Å². The van der Waals surface area contributed by atoms with Crippen LogP contribution in [0.5, 0.6) is 5.75 Å². The molecule has 0 amide bonds. The Balaban J connectivity index is 2.40. The van der Waals surface area contributed by atoms with E-state index in [1.54, 1.807) is 18.2 Å². The van der Waals surface area contributed by atoms with Gasteiger partial charge in [-0.3, -0.25) is 4.72 Å². The normalized spacial score (nSPS) is 11.5. The van der Waals surface area contributed by atoms with Gasteiger partial charge in [0.05, 0.1) is 17.9 Å². The van der Waals surface area contributed by atoms with E-state index in [1.807, 2.05) is 13.8 Å². The predicted octanol–water partition coefficient (Wildman–Crippen LogP) is 3.05. The van der Waals surface area contributed by atoms with Crippen LogP contribution in [0.4, 0.5) is 10.2 Å². The summed E-state index contributed by atoms with van der Waals surface area (Å²) in [7, 11) is -3.40. The van der Waals surface area contributed by atoms with Gasteiger partial charge in [-0.05, 0) is 38.1 Å². The van der Waals surface area contributed by atoms with E-state index in [0.717, 1.165) is 6.26 Å². The molecule has 0 bridgehead atoms. The van der Waals surface area contributed by atoms with Crippen LogP contribution in [0, 0.1) is 5.82 Å². The molecular formula is C15H17FN2O3S. The van der Waals surface area contributed by atoms with Crippen molar-refractivity contribution in [1.82, 2.24) is 4.98 Å². The zero-order valence-electron chi connectivity index (χ0n) is 12.5. The minimum absolute atomic E-state index is 0.0975. The van der Waals surface area contributed by atoms with Crippen molar-refractivity contribution >= 4 is 15.8 Å². The highest BCUT2D eigenvalue weighted by molar-refractivity contribution is 7.92. The zero-order chi connectivity index (χ0) is 16.3. The van der Waals surface area contributed by atoms with Gasteiger partial charge in [-0.1, -0.05) is 6.07 Å². The Morgan fingerprint density at radius 3 is 2.50 bits per heavy atom. The Labute approximate surface area is 129 Å². The maximum atomic E-state index is 14.1. The second-order valence-corrected chi connectivity index (χ2v) is 6.83. The van der Waals surface area contributed by atoms with Crippen molar-refractivity contribution in [2.24, 2.45) is 0 Å². The van der Waals surface area contributed by atoms with Crippen LogP contribution in [0.1, 0.15) is 13.8 Å². The summed E-state index contributed by atoms with van der Waals surface area (Å²) in [5.74, 6) is 0.165. The smallest absolute Gasteiger partial charge is 0.230 e. The Hall–Kier alpha value is -2.15. The highest BCUT2D eigenvalue weighted by Gasteiger charge is 2.14. The molecule has 0 aliphatic heterocycles. The van der Waals surface area contributed by atoms with Crippen molar-refractivity contribution < 1.29 is 17.5 Å². The van der Waals surface area contributed by atoms with Crippen molar-refractivity contribution in [3.05, 3.63) is 42.3 Å². The second-order valence-electron chi connectivity index (χ2n) is 5.09. The average molecular weight is 324 g/mol. The lowest BCUT2D eigenvalue weighted by Gasteiger charge is -2.15. The van der Waals surface area contributed by atoms with Crippen molar-refractivity contribution in [3.63, 3.8) is 0 Å². The van der Waals surface area contributed by atoms with Gasteiger partial charge >= 0.3 is 0 Å². The molecule has 5 nitrogen and oxygen atoms in total. The molecule has 0 aliphatic rings. The Bertz CT molecular complexity index is 759. The SMILES string of the molecule is CC(C)Oc1cccc(F)c1-c1ccc(NS(C)(=O)=O)nc1. The summed E-state index contributed by atoms with van der Waals surface area (Å²) < 4.78 is 44.3. The maximum Gasteiger partial charge on any atom is 0.230 e. The van der Waals surface area contributed by atoms with Gasteiger partial charge in [0.2, 0.25) is 10.0 Å². The van der Waals surface area contributed by atoms with Gasteiger partial charge in [0.1, 0.15) is 17.4 Å². The number of sulfonamides is 1. The van der Waals surface area contributed by atoms with E-state index in [2.05, 4.69) is 9.71 Å². The molecule has 0 unspecified atom stereocenters. The van der Waals surface area contributed by atoms with Gasteiger partial charge in [0, 0.05) is 11.8 Å². The van der Waals surface area contributed by atoms with E-state index in [0.29, 0.717) is 16.9 Å². The second kappa shape index (κ2) is 6.31. The lowest BCUT2D eigenvalue weighted by atomic mass is 10.1. The molecule has 0 radical (unpaired) electrons. The molecule has 1 aromatic carbocycles. The Morgan fingerprint density at radius 1 is 1.23 bits per heavy atom. The predicted molar refractivity (Wildman–Crippen MR) is 83.9 cm³/mol. The molecule has 0 atom stereocenters. The number of rotatable bonds is 5. The molecule has 0 spiro atoms. The number of halogens is 1. The molecule has 1 aromatic heterocycles. The number of benzene rings is 1. The summed E-state index contributed by atoms with van der Waals surface area (Å²) in [6, 6.07) is 7.66. The van der Waals surface area contributed by atoms with Crippen molar-refractivity contribution in [2.45, 2.75) is 20.0 Å². The van der Waals surface area contributed by atoms with E-state index in [4.69, 9.17) is 4.74 Å². The molecule has 0 fully saturated rings. The number of aromatic nitrogens is 1. The van der Waals surface area contributed by atoms with E-state index in [-0.39, 0.29) is 11.9 Å². The monoisotopic (exact) mass is 324 g/mol. The lowest BCUT2D eigenvalue weighted by Crippen LogP contribution is -2.10. The van der Waals surface area contributed by atoms with E-state index >= 15 is 0 Å². The van der Waals surface area contributed by atoms with Crippen molar-refractivity contribution in [2.75, 3.05) is 11.0 Å². The summed E-state index contributed by atoms with van der Waals surface area (Å²) in [6.07, 6.45) is 2.34. The van der Waals surface area contributed by atoms with Crippen LogP contribution >= 0.6 is 0 Å². The van der Waals surface area contributed by atoms with Crippen LogP contribution < -0.4 is 9.46 Å². The number of hydrogen-bond acceptors (Lipinski definition) is 4. The number of pyridine rings is 1. The van der Waals surface area contributed by atoms with Gasteiger partial charge in [-0.2, -0.15) is 0 Å². The summed E-state index contributed by atoms with van der Waals surface area (Å²) in [5.41, 5.74) is 0.808. The first-order valence-corrected chi connectivity index (χ1v) is 8.55. The Kier molecular flexibility index (Phi) is 4.65. The maximum absolute atomic E-state index is 14.1. The zero-order valence-corrected chi connectivity index (χ0v) is 13.3. The number of hydrogen-bond donors (Lipinski definition) is 1. The van der Waals surface area contributed by atoms with E-state index in [1.165, 1.54) is 18.3 Å². The number of anilines is 1. The molecule has 7 heteroatoms. The summed E-state index contributed by atoms with van der Waals surface area (Å²) >= 11 is 0. The molecule has 2 rings (SSSR count). The highest BCUT2D eigenvalue weighted by Crippen LogP contribution is 2.33. The quantitative estimate of drug-likeness (QED) is 0.918. The molecule has 1 heterocycles. The van der Waals surface area contributed by atoms with Crippen LogP contribution in [-0.2, 0) is 10.0 Å². The molecule has 22 heavy (non-hydrogen) atoms. The van der Waals surface area contributed by atoms with Crippen LogP contribution in [-0.4, -0.2) is 25.8 Å². The topological polar surface area (TPSA) is 68.3 Å². The first kappa shape index (κ1) is 16.2. The molecular weight excluding hydrogens is 307 g/mol. The molecule has 2 aromatic rings. The van der Waals surface area contributed by atoms with E-state index < -0.39 is 15.8 Å². The van der Waals surface area contributed by atoms with Gasteiger partial charge in [-0.15, -0.1) is 0 Å². The van der Waals surface area contributed by atoms with Crippen LogP contribution in [0.2, 0.25) is 0 Å². The fourth-order valence-corrected chi connectivity index (χ4v) is 2.43. The summed E-state index contributed by atoms with van der Waals surface area (Å²) in [4.78, 5) is 3.99. The van der Waals surface area contributed by atoms with Crippen LogP contribution in [0.3, 0.4) is 0 Å². The van der Waals surface area contributed by atoms with Crippen molar-refractivity contribution in [1.29, 1.82) is 0 Å². The van der Waals surface area contributed by atoms with Crippen LogP contribution in [0.15, 0.2) is 36.5 Å². The fraction of sp³-hybridized carbons (Fsp3) is 0.267. The Morgan fingerprint density at radius 2 is 1.95 bits per heavy atom. The summed E-state index contributed by atoms with van der Waals surface area (Å²) in [5, 5.41) is 0. The highest BCUT2D eigenvalue weighted by atomic mass is 32.2. The van der Waals surface area contributed by atoms with Gasteiger partial charge in [0.25, 0.3) is 0 Å². The fourth-order valence-electron chi connectivity index (χ4n) is 1.93. The largest absolute Gasteiger partial charge is 0.490 e. The van der Waals surface area contributed by atoms with Gasteiger partial charge in [-0.25, -0.2) is 17.8 Å². The van der Waals surface area contributed by atoms with Gasteiger partial charge in [0.15, 0.2) is 0 Å². The third-order valence-corrected chi connectivity index (χ3v) is 3.26. The molecule has 0 aliphatic carbocycles. The number of nitrogens with zero attached hydrogens (tertiary/aromatic N) is 1. The first-order chi connectivity index (χ1) is 10.3. The third-order valence-electron chi connectivity index (χ3n) is 2.68. The van der Waals surface area contributed by atoms with Crippen molar-refractivity contribution in [3.8, 4) is 16.9 Å². The van der Waals surface area contributed by atoms with Gasteiger partial charge < -0.3 is 4.74 Å². The summed E-state index contributed by atoms with van der Waals surface area (Å²) in [6.45, 7) is 3.71. The lowest BCUT2D eigenvalue weighted by molar-refractivity contribution is 0.242. The molecule has 1 N–H and O–H groups in total. The molecule has 0 saturated carbocycles. The molecule has 0 saturated heterocycles.